The van der Waals surface area contributed by atoms with Gasteiger partial charge in [0.25, 0.3) is 0 Å². The molecule has 0 fully saturated rings. The molecule has 4 nitrogen and oxygen atoms in total. The van der Waals surface area contributed by atoms with Crippen LogP contribution in [0.2, 0.25) is 0 Å². The van der Waals surface area contributed by atoms with Crippen LogP contribution in [0, 0.1) is 0 Å². The van der Waals surface area contributed by atoms with Crippen LogP contribution in [0.4, 0.5) is 0 Å². The molecule has 0 N–H and O–H groups in total. The van der Waals surface area contributed by atoms with Crippen LogP contribution in [-0.2, 0) is 4.57 Å². The van der Waals surface area contributed by atoms with Gasteiger partial charge in [-0.1, -0.05) is 25.1 Å². The highest BCUT2D eigenvalue weighted by molar-refractivity contribution is 7.56. The van der Waals surface area contributed by atoms with Crippen LogP contribution in [0.15, 0.2) is 48.5 Å². The molecular weight excluding hydrogens is 295 g/mol. The fourth-order valence-electron chi connectivity index (χ4n) is 2.41. The fraction of sp³-hybridized carbons (Fsp3) is 0.235. The molecule has 0 aliphatic rings. The molecule has 114 valence electrons. The van der Waals surface area contributed by atoms with Gasteiger partial charge in [0.15, 0.2) is 0 Å². The molecule has 0 aliphatic carbocycles. The van der Waals surface area contributed by atoms with E-state index in [1.54, 1.807) is 18.8 Å². The quantitative estimate of drug-likeness (QED) is 0.524. The zero-order chi connectivity index (χ0) is 15.7. The van der Waals surface area contributed by atoms with Crippen molar-refractivity contribution in [2.24, 2.45) is 0 Å². The van der Waals surface area contributed by atoms with E-state index in [0.717, 1.165) is 21.8 Å². The number of hydrogen-bond acceptors (Lipinski definition) is 3. The first-order valence-electron chi connectivity index (χ1n) is 7.28. The first-order valence-corrected chi connectivity index (χ1v) is 9.04. The van der Waals surface area contributed by atoms with Crippen LogP contribution >= 0.6 is 7.52 Å². The molecule has 0 amide bonds. The van der Waals surface area contributed by atoms with E-state index in [0.29, 0.717) is 11.9 Å². The van der Waals surface area contributed by atoms with E-state index in [2.05, 4.69) is 11.1 Å². The molecule has 0 radical (unpaired) electrons. The predicted molar refractivity (Wildman–Crippen MR) is 91.7 cm³/mol. The van der Waals surface area contributed by atoms with Gasteiger partial charge >= 0.3 is 7.52 Å². The van der Waals surface area contributed by atoms with Crippen molar-refractivity contribution in [3.63, 3.8) is 0 Å². The Morgan fingerprint density at radius 2 is 1.77 bits per heavy atom. The Balaban J connectivity index is 2.06. The maximum atomic E-state index is 12.7. The summed E-state index contributed by atoms with van der Waals surface area (Å²) in [5, 5.41) is 2.07. The van der Waals surface area contributed by atoms with Crippen molar-refractivity contribution in [3.05, 3.63) is 48.5 Å². The molecule has 1 unspecified atom stereocenters. The molecule has 22 heavy (non-hydrogen) atoms. The van der Waals surface area contributed by atoms with Crippen molar-refractivity contribution in [1.82, 2.24) is 9.65 Å². The zero-order valence-corrected chi connectivity index (χ0v) is 13.9. The molecule has 3 rings (SSSR count). The summed E-state index contributed by atoms with van der Waals surface area (Å²) in [6.07, 6.45) is 0.466. The Morgan fingerprint density at radius 3 is 2.50 bits per heavy atom. The minimum absolute atomic E-state index is 0.466. The van der Waals surface area contributed by atoms with Gasteiger partial charge in [-0.2, -0.15) is 0 Å². The summed E-state index contributed by atoms with van der Waals surface area (Å²) in [5.41, 5.74) is 1.87. The van der Waals surface area contributed by atoms with E-state index < -0.39 is 7.52 Å². The standard InChI is InChI=1S/C17H19N2O2P/c1-4-22(20,19(2)3)21-15-9-10-17-14(12-15)11-13-7-5-6-8-16(13)18-17/h5-12H,4H2,1-3H3. The minimum Gasteiger partial charge on any atom is -0.433 e. The van der Waals surface area contributed by atoms with Crippen molar-refractivity contribution in [2.45, 2.75) is 6.92 Å². The second kappa shape index (κ2) is 5.71. The molecule has 3 aromatic rings. The highest BCUT2D eigenvalue weighted by Crippen LogP contribution is 2.48. The topological polar surface area (TPSA) is 42.4 Å². The minimum atomic E-state index is -2.81. The van der Waals surface area contributed by atoms with Gasteiger partial charge in [-0.25, -0.2) is 9.65 Å². The molecule has 1 heterocycles. The van der Waals surface area contributed by atoms with Crippen molar-refractivity contribution in [1.29, 1.82) is 0 Å². The third-order valence-corrected chi connectivity index (χ3v) is 6.26. The second-order valence-corrected chi connectivity index (χ2v) is 8.32. The van der Waals surface area contributed by atoms with Crippen LogP contribution in [-0.4, -0.2) is 29.9 Å². The van der Waals surface area contributed by atoms with E-state index in [1.165, 1.54) is 0 Å². The Bertz CT molecular complexity index is 877. The second-order valence-electron chi connectivity index (χ2n) is 5.43. The van der Waals surface area contributed by atoms with Crippen LogP contribution < -0.4 is 4.52 Å². The maximum absolute atomic E-state index is 12.7. The Hall–Kier alpha value is -1.90. The molecule has 0 bridgehead atoms. The van der Waals surface area contributed by atoms with Crippen molar-refractivity contribution in [2.75, 3.05) is 20.3 Å². The third kappa shape index (κ3) is 2.72. The number of hydrogen-bond donors (Lipinski definition) is 0. The number of benzene rings is 2. The maximum Gasteiger partial charge on any atom is 0.318 e. The molecular formula is C17H19N2O2P. The van der Waals surface area contributed by atoms with Crippen molar-refractivity contribution in [3.8, 4) is 5.75 Å². The van der Waals surface area contributed by atoms with Crippen LogP contribution in [0.3, 0.4) is 0 Å². The van der Waals surface area contributed by atoms with Gasteiger partial charge in [0.2, 0.25) is 0 Å². The summed E-state index contributed by atoms with van der Waals surface area (Å²) >= 11 is 0. The van der Waals surface area contributed by atoms with Gasteiger partial charge in [-0.3, -0.25) is 4.57 Å². The van der Waals surface area contributed by atoms with Gasteiger partial charge in [0.05, 0.1) is 11.0 Å². The van der Waals surface area contributed by atoms with Gasteiger partial charge in [0, 0.05) is 16.9 Å². The monoisotopic (exact) mass is 314 g/mol. The smallest absolute Gasteiger partial charge is 0.318 e. The molecule has 5 heteroatoms. The molecule has 1 aromatic heterocycles. The lowest BCUT2D eigenvalue weighted by molar-refractivity contribution is 0.418. The number of para-hydroxylation sites is 1. The zero-order valence-electron chi connectivity index (χ0n) is 13.0. The molecule has 0 spiro atoms. The van der Waals surface area contributed by atoms with Crippen molar-refractivity contribution >= 4 is 29.3 Å². The van der Waals surface area contributed by atoms with Crippen LogP contribution in [0.25, 0.3) is 21.8 Å². The lowest BCUT2D eigenvalue weighted by Gasteiger charge is -2.24. The normalized spacial score (nSPS) is 14.4. The van der Waals surface area contributed by atoms with E-state index >= 15 is 0 Å². The van der Waals surface area contributed by atoms with Gasteiger partial charge in [-0.05, 0) is 44.4 Å². The highest BCUT2D eigenvalue weighted by Gasteiger charge is 2.25. The van der Waals surface area contributed by atoms with Gasteiger partial charge < -0.3 is 4.52 Å². The van der Waals surface area contributed by atoms with Gasteiger partial charge in [0.1, 0.15) is 5.75 Å². The van der Waals surface area contributed by atoms with Gasteiger partial charge in [-0.15, -0.1) is 0 Å². The Kier molecular flexibility index (Phi) is 3.90. The van der Waals surface area contributed by atoms with E-state index in [1.807, 2.05) is 49.4 Å². The van der Waals surface area contributed by atoms with Crippen LogP contribution in [0.1, 0.15) is 6.92 Å². The third-order valence-electron chi connectivity index (χ3n) is 3.74. The molecule has 1 atom stereocenters. The van der Waals surface area contributed by atoms with E-state index in [4.69, 9.17) is 4.52 Å². The molecule has 0 saturated carbocycles. The SMILES string of the molecule is CCP(=O)(Oc1ccc2nc3ccccc3cc2c1)N(C)C. The number of pyridine rings is 1. The molecule has 0 aliphatic heterocycles. The fourth-order valence-corrected chi connectivity index (χ4v) is 3.71. The molecule has 2 aromatic carbocycles. The number of rotatable bonds is 4. The van der Waals surface area contributed by atoms with Crippen molar-refractivity contribution < 1.29 is 9.09 Å². The lowest BCUT2D eigenvalue weighted by Crippen LogP contribution is -2.14. The summed E-state index contributed by atoms with van der Waals surface area (Å²) in [7, 11) is 0.749. The summed E-state index contributed by atoms with van der Waals surface area (Å²) in [5.74, 6) is 0.614. The number of nitrogens with zero attached hydrogens (tertiary/aromatic N) is 2. The summed E-state index contributed by atoms with van der Waals surface area (Å²) < 4.78 is 20.1. The number of fused-ring (bicyclic) bond motifs is 2. The summed E-state index contributed by atoms with van der Waals surface area (Å²) in [6.45, 7) is 1.87. The Morgan fingerprint density at radius 1 is 1.05 bits per heavy atom. The van der Waals surface area contributed by atoms with E-state index in [-0.39, 0.29) is 0 Å². The summed E-state index contributed by atoms with van der Waals surface area (Å²) in [6, 6.07) is 15.7. The lowest BCUT2D eigenvalue weighted by atomic mass is 10.1. The first kappa shape index (κ1) is 15.0. The average molecular weight is 314 g/mol. The number of aromatic nitrogens is 1. The average Bonchev–Trinajstić information content (AvgIpc) is 2.52. The molecule has 0 saturated heterocycles. The van der Waals surface area contributed by atoms with E-state index in [9.17, 15) is 4.57 Å². The first-order chi connectivity index (χ1) is 10.5. The highest BCUT2D eigenvalue weighted by atomic mass is 31.2. The predicted octanol–water partition coefficient (Wildman–Crippen LogP) is 4.54. The summed E-state index contributed by atoms with van der Waals surface area (Å²) in [4.78, 5) is 4.64. The largest absolute Gasteiger partial charge is 0.433 e. The Labute approximate surface area is 130 Å². The van der Waals surface area contributed by atoms with Crippen LogP contribution in [0.5, 0.6) is 5.75 Å².